The number of carboxylic acids is 1. The number of hydrogen-bond acceptors (Lipinski definition) is 4. The van der Waals surface area contributed by atoms with Crippen molar-refractivity contribution >= 4 is 11.8 Å². The summed E-state index contributed by atoms with van der Waals surface area (Å²) in [5.74, 6) is -0.842. The molecule has 5 heteroatoms. The molecule has 0 aromatic heterocycles. The number of ketones is 1. The van der Waals surface area contributed by atoms with Gasteiger partial charge < -0.3 is 14.7 Å². The molecule has 1 heterocycles. The standard InChI is InChI=1S/C17H23NO4/c1-22-15-7-5-13(6-8-15)17(21)14(11-16(19)20)12-18-9-3-2-4-10-18/h5-8,14H,2-4,9-12H2,1H3,(H,19,20). The summed E-state index contributed by atoms with van der Waals surface area (Å²) < 4.78 is 5.08. The van der Waals surface area contributed by atoms with Crippen molar-refractivity contribution in [2.24, 2.45) is 5.92 Å². The molecule has 1 fully saturated rings. The van der Waals surface area contributed by atoms with Crippen LogP contribution in [0.3, 0.4) is 0 Å². The SMILES string of the molecule is COc1ccc(C(=O)C(CC(=O)O)CN2CCCCC2)cc1. The van der Waals surface area contributed by atoms with Gasteiger partial charge >= 0.3 is 5.97 Å². The summed E-state index contributed by atoms with van der Waals surface area (Å²) in [6.07, 6.45) is 3.33. The zero-order valence-corrected chi connectivity index (χ0v) is 13.0. The highest BCUT2D eigenvalue weighted by molar-refractivity contribution is 5.99. The van der Waals surface area contributed by atoms with E-state index in [1.165, 1.54) is 6.42 Å². The highest BCUT2D eigenvalue weighted by atomic mass is 16.5. The van der Waals surface area contributed by atoms with Crippen LogP contribution in [-0.2, 0) is 4.79 Å². The van der Waals surface area contributed by atoms with Crippen molar-refractivity contribution in [2.75, 3.05) is 26.7 Å². The van der Waals surface area contributed by atoms with Crippen molar-refractivity contribution in [3.63, 3.8) is 0 Å². The quantitative estimate of drug-likeness (QED) is 0.784. The summed E-state index contributed by atoms with van der Waals surface area (Å²) >= 11 is 0. The Kier molecular flexibility index (Phi) is 5.95. The van der Waals surface area contributed by atoms with Gasteiger partial charge in [-0.2, -0.15) is 0 Å². The minimum Gasteiger partial charge on any atom is -0.497 e. The van der Waals surface area contributed by atoms with E-state index in [1.807, 2.05) is 0 Å². The fourth-order valence-electron chi connectivity index (χ4n) is 2.90. The van der Waals surface area contributed by atoms with Crippen LogP contribution in [0.5, 0.6) is 5.75 Å². The van der Waals surface area contributed by atoms with E-state index in [2.05, 4.69) is 4.90 Å². The summed E-state index contributed by atoms with van der Waals surface area (Å²) in [5.41, 5.74) is 0.545. The Bertz CT molecular complexity index is 506. The van der Waals surface area contributed by atoms with Gasteiger partial charge in [-0.25, -0.2) is 0 Å². The summed E-state index contributed by atoms with van der Waals surface area (Å²) in [4.78, 5) is 25.9. The molecule has 1 saturated heterocycles. The number of hydrogen-bond donors (Lipinski definition) is 1. The lowest BCUT2D eigenvalue weighted by Crippen LogP contribution is -2.37. The predicted molar refractivity (Wildman–Crippen MR) is 83.4 cm³/mol. The minimum absolute atomic E-state index is 0.101. The zero-order valence-electron chi connectivity index (χ0n) is 13.0. The first kappa shape index (κ1) is 16.5. The van der Waals surface area contributed by atoms with Crippen molar-refractivity contribution < 1.29 is 19.4 Å². The first-order valence-electron chi connectivity index (χ1n) is 7.72. The summed E-state index contributed by atoms with van der Waals surface area (Å²) in [6, 6.07) is 6.86. The number of benzene rings is 1. The third-order valence-electron chi connectivity index (χ3n) is 4.09. The van der Waals surface area contributed by atoms with Crippen LogP contribution in [0, 0.1) is 5.92 Å². The van der Waals surface area contributed by atoms with Crippen molar-refractivity contribution in [1.29, 1.82) is 0 Å². The lowest BCUT2D eigenvalue weighted by atomic mass is 9.93. The van der Waals surface area contributed by atoms with Crippen molar-refractivity contribution in [3.8, 4) is 5.75 Å². The van der Waals surface area contributed by atoms with Crippen LogP contribution in [0.1, 0.15) is 36.0 Å². The first-order chi connectivity index (χ1) is 10.6. The largest absolute Gasteiger partial charge is 0.497 e. The third kappa shape index (κ3) is 4.56. The molecule has 120 valence electrons. The van der Waals surface area contributed by atoms with E-state index in [9.17, 15) is 9.59 Å². The van der Waals surface area contributed by atoms with Gasteiger partial charge in [0.25, 0.3) is 0 Å². The van der Waals surface area contributed by atoms with Crippen LogP contribution < -0.4 is 4.74 Å². The summed E-state index contributed by atoms with van der Waals surface area (Å²) in [6.45, 7) is 2.43. The second-order valence-electron chi connectivity index (χ2n) is 5.75. The summed E-state index contributed by atoms with van der Waals surface area (Å²) in [7, 11) is 1.57. The number of ether oxygens (including phenoxy) is 1. The number of carbonyl (C=O) groups is 2. The Morgan fingerprint density at radius 2 is 1.82 bits per heavy atom. The minimum atomic E-state index is -0.927. The highest BCUT2D eigenvalue weighted by Gasteiger charge is 2.26. The van der Waals surface area contributed by atoms with Gasteiger partial charge in [-0.05, 0) is 50.2 Å². The Labute approximate surface area is 130 Å². The molecule has 5 nitrogen and oxygen atoms in total. The second kappa shape index (κ2) is 7.94. The molecule has 22 heavy (non-hydrogen) atoms. The van der Waals surface area contributed by atoms with Crippen molar-refractivity contribution in [2.45, 2.75) is 25.7 Å². The van der Waals surface area contributed by atoms with Crippen LogP contribution >= 0.6 is 0 Å². The molecule has 0 aliphatic carbocycles. The van der Waals surface area contributed by atoms with E-state index in [-0.39, 0.29) is 12.2 Å². The first-order valence-corrected chi connectivity index (χ1v) is 7.72. The average molecular weight is 305 g/mol. The van der Waals surface area contributed by atoms with Crippen molar-refractivity contribution in [3.05, 3.63) is 29.8 Å². The molecule has 0 radical (unpaired) electrons. The number of carboxylic acid groups (broad SMARTS) is 1. The Hall–Kier alpha value is -1.88. The van der Waals surface area contributed by atoms with Gasteiger partial charge in [0.05, 0.1) is 13.5 Å². The lowest BCUT2D eigenvalue weighted by molar-refractivity contribution is -0.137. The van der Waals surface area contributed by atoms with Crippen LogP contribution in [0.25, 0.3) is 0 Å². The van der Waals surface area contributed by atoms with Crippen LogP contribution in [0.15, 0.2) is 24.3 Å². The zero-order chi connectivity index (χ0) is 15.9. The van der Waals surface area contributed by atoms with Crippen LogP contribution in [0.4, 0.5) is 0 Å². The second-order valence-corrected chi connectivity index (χ2v) is 5.75. The lowest BCUT2D eigenvalue weighted by Gasteiger charge is -2.29. The van der Waals surface area contributed by atoms with Gasteiger partial charge in [-0.1, -0.05) is 6.42 Å². The fraction of sp³-hybridized carbons (Fsp3) is 0.529. The van der Waals surface area contributed by atoms with E-state index < -0.39 is 11.9 Å². The van der Waals surface area contributed by atoms with Gasteiger partial charge in [0.15, 0.2) is 5.78 Å². The molecule has 0 saturated carbocycles. The van der Waals surface area contributed by atoms with Crippen molar-refractivity contribution in [1.82, 2.24) is 4.90 Å². The normalized spacial score (nSPS) is 17.0. The molecule has 0 spiro atoms. The van der Waals surface area contributed by atoms with Gasteiger partial charge in [0.1, 0.15) is 5.75 Å². The number of piperidine rings is 1. The van der Waals surface area contributed by atoms with Gasteiger partial charge in [-0.15, -0.1) is 0 Å². The third-order valence-corrected chi connectivity index (χ3v) is 4.09. The smallest absolute Gasteiger partial charge is 0.304 e. The molecule has 1 atom stereocenters. The molecule has 1 N–H and O–H groups in total. The van der Waals surface area contributed by atoms with E-state index in [0.717, 1.165) is 25.9 Å². The number of aliphatic carboxylic acids is 1. The molecule has 2 rings (SSSR count). The maximum Gasteiger partial charge on any atom is 0.304 e. The Morgan fingerprint density at radius 3 is 2.36 bits per heavy atom. The molecule has 0 amide bonds. The topological polar surface area (TPSA) is 66.8 Å². The molecular formula is C17H23NO4. The highest BCUT2D eigenvalue weighted by Crippen LogP contribution is 2.19. The molecular weight excluding hydrogens is 282 g/mol. The predicted octanol–water partition coefficient (Wildman–Crippen LogP) is 2.45. The molecule has 0 bridgehead atoms. The molecule has 1 aliphatic rings. The van der Waals surface area contributed by atoms with E-state index in [1.54, 1.807) is 31.4 Å². The van der Waals surface area contributed by atoms with E-state index in [4.69, 9.17) is 9.84 Å². The molecule has 1 aromatic rings. The molecule has 1 aromatic carbocycles. The Morgan fingerprint density at radius 1 is 1.18 bits per heavy atom. The monoisotopic (exact) mass is 305 g/mol. The average Bonchev–Trinajstić information content (AvgIpc) is 2.54. The van der Waals surface area contributed by atoms with E-state index in [0.29, 0.717) is 17.9 Å². The van der Waals surface area contributed by atoms with Gasteiger partial charge in [0.2, 0.25) is 0 Å². The molecule has 1 unspecified atom stereocenters. The number of carbonyl (C=O) groups excluding carboxylic acids is 1. The fourth-order valence-corrected chi connectivity index (χ4v) is 2.90. The Balaban J connectivity index is 2.08. The number of likely N-dealkylation sites (tertiary alicyclic amines) is 1. The summed E-state index contributed by atoms with van der Waals surface area (Å²) in [5, 5.41) is 9.10. The number of Topliss-reactive ketones (excluding diaryl/α,β-unsaturated/α-hetero) is 1. The maximum atomic E-state index is 12.6. The number of nitrogens with zero attached hydrogens (tertiary/aromatic N) is 1. The number of rotatable bonds is 7. The number of methoxy groups -OCH3 is 1. The van der Waals surface area contributed by atoms with Crippen LogP contribution in [-0.4, -0.2) is 48.5 Å². The van der Waals surface area contributed by atoms with Gasteiger partial charge in [-0.3, -0.25) is 9.59 Å². The van der Waals surface area contributed by atoms with E-state index >= 15 is 0 Å². The van der Waals surface area contributed by atoms with Crippen LogP contribution in [0.2, 0.25) is 0 Å². The van der Waals surface area contributed by atoms with Gasteiger partial charge in [0, 0.05) is 18.0 Å². The molecule has 1 aliphatic heterocycles. The maximum absolute atomic E-state index is 12.6.